The molecule has 0 aliphatic carbocycles. The first-order chi connectivity index (χ1) is 15.5. The predicted octanol–water partition coefficient (Wildman–Crippen LogP) is 3.02. The number of hydrogen-bond acceptors (Lipinski definition) is 6. The maximum Gasteiger partial charge on any atom is 0.243 e. The van der Waals surface area contributed by atoms with E-state index in [0.29, 0.717) is 37.7 Å². The maximum atomic E-state index is 13.2. The van der Waals surface area contributed by atoms with Crippen LogP contribution in [-0.2, 0) is 10.0 Å². The Kier molecular flexibility index (Phi) is 5.15. The zero-order valence-corrected chi connectivity index (χ0v) is 18.7. The summed E-state index contributed by atoms with van der Waals surface area (Å²) in [5, 5.41) is 0. The van der Waals surface area contributed by atoms with Gasteiger partial charge in [-0.15, -0.1) is 0 Å². The molecule has 8 nitrogen and oxygen atoms in total. The molecular formula is C23H24N4O4S. The van der Waals surface area contributed by atoms with Crippen LogP contribution in [0.1, 0.15) is 0 Å². The molecule has 1 aliphatic heterocycles. The summed E-state index contributed by atoms with van der Waals surface area (Å²) >= 11 is 0. The van der Waals surface area contributed by atoms with Crippen molar-refractivity contribution in [2.45, 2.75) is 4.90 Å². The van der Waals surface area contributed by atoms with Gasteiger partial charge in [-0.1, -0.05) is 12.1 Å². The highest BCUT2D eigenvalue weighted by molar-refractivity contribution is 7.89. The molecule has 0 unspecified atom stereocenters. The van der Waals surface area contributed by atoms with Crippen LogP contribution >= 0.6 is 0 Å². The summed E-state index contributed by atoms with van der Waals surface area (Å²) in [7, 11) is -0.632. The van der Waals surface area contributed by atoms with Crippen molar-refractivity contribution in [1.82, 2.24) is 13.7 Å². The van der Waals surface area contributed by atoms with Gasteiger partial charge in [-0.25, -0.2) is 13.4 Å². The lowest BCUT2D eigenvalue weighted by molar-refractivity contribution is 0.353. The monoisotopic (exact) mass is 452 g/mol. The van der Waals surface area contributed by atoms with Gasteiger partial charge in [0.15, 0.2) is 17.3 Å². The minimum absolute atomic E-state index is 0.196. The quantitative estimate of drug-likeness (QED) is 0.463. The average molecular weight is 453 g/mol. The topological polar surface area (TPSA) is 76.4 Å². The van der Waals surface area contributed by atoms with E-state index in [-0.39, 0.29) is 4.90 Å². The molecule has 32 heavy (non-hydrogen) atoms. The van der Waals surface area contributed by atoms with E-state index >= 15 is 0 Å². The third-order valence-electron chi connectivity index (χ3n) is 5.88. The highest BCUT2D eigenvalue weighted by atomic mass is 32.2. The molecule has 0 N–H and O–H groups in total. The number of piperazine rings is 1. The van der Waals surface area contributed by atoms with Crippen LogP contribution in [0.3, 0.4) is 0 Å². The molecule has 0 bridgehead atoms. The van der Waals surface area contributed by atoms with E-state index in [1.54, 1.807) is 12.1 Å². The number of hydrogen-bond donors (Lipinski definition) is 0. The molecule has 3 heterocycles. The molecule has 1 saturated heterocycles. The molecule has 9 heteroatoms. The van der Waals surface area contributed by atoms with Crippen LogP contribution in [0.4, 0.5) is 5.82 Å². The summed E-state index contributed by atoms with van der Waals surface area (Å²) in [5.41, 5.74) is 2.97. The first kappa shape index (κ1) is 20.6. The Morgan fingerprint density at radius 3 is 2.31 bits per heavy atom. The molecule has 1 fully saturated rings. The molecule has 0 radical (unpaired) electrons. The minimum atomic E-state index is -3.65. The molecule has 166 valence electrons. The Morgan fingerprint density at radius 2 is 1.56 bits per heavy atom. The third kappa shape index (κ3) is 3.34. The fraction of sp³-hybridized carbons (Fsp3) is 0.261. The summed E-state index contributed by atoms with van der Waals surface area (Å²) in [5.74, 6) is 1.76. The Labute approximate surface area is 186 Å². The Balaban J connectivity index is 1.41. The average Bonchev–Trinajstić information content (AvgIpc) is 3.33. The van der Waals surface area contributed by atoms with Crippen LogP contribution in [0.2, 0.25) is 0 Å². The van der Waals surface area contributed by atoms with Crippen LogP contribution in [0, 0.1) is 0 Å². The van der Waals surface area contributed by atoms with E-state index in [9.17, 15) is 8.42 Å². The van der Waals surface area contributed by atoms with E-state index in [2.05, 4.69) is 9.30 Å². The Morgan fingerprint density at radius 1 is 0.844 bits per heavy atom. The maximum absolute atomic E-state index is 13.2. The van der Waals surface area contributed by atoms with Crippen LogP contribution in [0.15, 0.2) is 65.7 Å². The van der Waals surface area contributed by atoms with Crippen molar-refractivity contribution in [3.63, 3.8) is 0 Å². The number of fused-ring (bicyclic) bond motifs is 3. The number of benzene rings is 2. The van der Waals surface area contributed by atoms with Crippen molar-refractivity contribution in [3.8, 4) is 11.5 Å². The second-order valence-electron chi connectivity index (χ2n) is 7.60. The number of sulfonamides is 1. The number of para-hydroxylation sites is 2. The lowest BCUT2D eigenvalue weighted by atomic mass is 10.2. The van der Waals surface area contributed by atoms with E-state index < -0.39 is 10.0 Å². The fourth-order valence-electron chi connectivity index (χ4n) is 4.21. The molecule has 0 saturated carbocycles. The van der Waals surface area contributed by atoms with Crippen LogP contribution in [-0.4, -0.2) is 62.5 Å². The van der Waals surface area contributed by atoms with Crippen molar-refractivity contribution in [1.29, 1.82) is 0 Å². The van der Waals surface area contributed by atoms with Crippen molar-refractivity contribution < 1.29 is 17.9 Å². The normalized spacial score (nSPS) is 15.4. The molecular weight excluding hydrogens is 428 g/mol. The Hall–Kier alpha value is -3.30. The van der Waals surface area contributed by atoms with E-state index in [1.807, 2.05) is 42.6 Å². The number of rotatable bonds is 5. The zero-order chi connectivity index (χ0) is 22.3. The van der Waals surface area contributed by atoms with Gasteiger partial charge in [-0.05, 0) is 36.4 Å². The summed E-state index contributed by atoms with van der Waals surface area (Å²) in [6, 6.07) is 16.7. The second kappa shape index (κ2) is 7.99. The van der Waals surface area contributed by atoms with Crippen molar-refractivity contribution in [2.75, 3.05) is 45.3 Å². The highest BCUT2D eigenvalue weighted by Gasteiger charge is 2.30. The molecule has 5 rings (SSSR count). The largest absolute Gasteiger partial charge is 0.493 e. The summed E-state index contributed by atoms with van der Waals surface area (Å²) < 4.78 is 40.6. The van der Waals surface area contributed by atoms with Crippen LogP contribution in [0.25, 0.3) is 16.6 Å². The van der Waals surface area contributed by atoms with Gasteiger partial charge in [-0.2, -0.15) is 4.31 Å². The number of anilines is 1. The van der Waals surface area contributed by atoms with E-state index in [1.165, 1.54) is 24.6 Å². The van der Waals surface area contributed by atoms with Crippen LogP contribution in [0.5, 0.6) is 11.5 Å². The van der Waals surface area contributed by atoms with Gasteiger partial charge >= 0.3 is 0 Å². The molecule has 0 atom stereocenters. The lowest BCUT2D eigenvalue weighted by Gasteiger charge is -2.35. The number of methoxy groups -OCH3 is 2. The van der Waals surface area contributed by atoms with Crippen molar-refractivity contribution in [2.24, 2.45) is 0 Å². The van der Waals surface area contributed by atoms with Gasteiger partial charge in [0.25, 0.3) is 0 Å². The number of nitrogens with zero attached hydrogens (tertiary/aromatic N) is 4. The first-order valence-electron chi connectivity index (χ1n) is 10.4. The predicted molar refractivity (Wildman–Crippen MR) is 123 cm³/mol. The highest BCUT2D eigenvalue weighted by Crippen LogP contribution is 2.32. The molecule has 4 aromatic rings. The fourth-order valence-corrected chi connectivity index (χ4v) is 5.64. The van der Waals surface area contributed by atoms with Gasteiger partial charge in [-0.3, -0.25) is 0 Å². The van der Waals surface area contributed by atoms with Gasteiger partial charge < -0.3 is 18.8 Å². The van der Waals surface area contributed by atoms with E-state index in [4.69, 9.17) is 14.5 Å². The molecule has 0 spiro atoms. The lowest BCUT2D eigenvalue weighted by Crippen LogP contribution is -2.49. The molecule has 2 aromatic carbocycles. The van der Waals surface area contributed by atoms with Crippen molar-refractivity contribution >= 4 is 32.4 Å². The van der Waals surface area contributed by atoms with Gasteiger partial charge in [0, 0.05) is 38.4 Å². The van der Waals surface area contributed by atoms with Crippen molar-refractivity contribution in [3.05, 3.63) is 60.8 Å². The van der Waals surface area contributed by atoms with Gasteiger partial charge in [0.05, 0.1) is 35.7 Å². The SMILES string of the molecule is COc1ccc(S(=O)(=O)N2CCN(c3nc4ccccc4n4cccc34)CC2)cc1OC. The van der Waals surface area contributed by atoms with E-state index in [0.717, 1.165) is 22.4 Å². The summed E-state index contributed by atoms with van der Waals surface area (Å²) in [6.07, 6.45) is 2.03. The zero-order valence-electron chi connectivity index (χ0n) is 17.9. The summed E-state index contributed by atoms with van der Waals surface area (Å²) in [6.45, 7) is 1.85. The van der Waals surface area contributed by atoms with Gasteiger partial charge in [0.1, 0.15) is 0 Å². The standard InChI is InChI=1S/C23H24N4O4S/c1-30-21-10-9-17(16-22(21)31-2)32(28,29)26-14-12-25(13-15-26)23-20-8-5-11-27(20)19-7-4-3-6-18(19)24-23/h3-11,16H,12-15H2,1-2H3. The molecule has 2 aromatic heterocycles. The van der Waals surface area contributed by atoms with Gasteiger partial charge in [0.2, 0.25) is 10.0 Å². The van der Waals surface area contributed by atoms with Crippen LogP contribution < -0.4 is 14.4 Å². The smallest absolute Gasteiger partial charge is 0.243 e. The first-order valence-corrected chi connectivity index (χ1v) is 11.8. The second-order valence-corrected chi connectivity index (χ2v) is 9.53. The third-order valence-corrected chi connectivity index (χ3v) is 7.77. The number of ether oxygens (including phenoxy) is 2. The molecule has 1 aliphatic rings. The number of aromatic nitrogens is 2. The Bertz CT molecular complexity index is 1390. The molecule has 0 amide bonds. The summed E-state index contributed by atoms with van der Waals surface area (Å²) in [4.78, 5) is 7.24. The minimum Gasteiger partial charge on any atom is -0.493 e.